The fourth-order valence-corrected chi connectivity index (χ4v) is 8.04. The first-order chi connectivity index (χ1) is 18.4. The van der Waals surface area contributed by atoms with Crippen LogP contribution >= 0.6 is 10.0 Å². The molecule has 4 aromatic rings. The van der Waals surface area contributed by atoms with Crippen molar-refractivity contribution < 1.29 is 0 Å². The monoisotopic (exact) mass is 520 g/mol. The van der Waals surface area contributed by atoms with E-state index >= 15 is 0 Å². The molecule has 0 bridgehead atoms. The highest BCUT2D eigenvalue weighted by Gasteiger charge is 2.26. The van der Waals surface area contributed by atoms with E-state index in [1.807, 2.05) is 6.08 Å². The van der Waals surface area contributed by atoms with Crippen LogP contribution in [0.3, 0.4) is 0 Å². The fraction of sp³-hybridized carbons (Fsp3) is 0.243. The lowest BCUT2D eigenvalue weighted by Gasteiger charge is -2.38. The van der Waals surface area contributed by atoms with Crippen LogP contribution in [-0.2, 0) is 0 Å². The third kappa shape index (κ3) is 6.77. The summed E-state index contributed by atoms with van der Waals surface area (Å²) < 4.78 is 0. The van der Waals surface area contributed by atoms with E-state index in [0.29, 0.717) is 5.92 Å². The molecule has 0 aliphatic heterocycles. The van der Waals surface area contributed by atoms with Gasteiger partial charge < -0.3 is 0 Å². The molecule has 38 heavy (non-hydrogen) atoms. The summed E-state index contributed by atoms with van der Waals surface area (Å²) in [5, 5.41) is 0. The first kappa shape index (κ1) is 29.3. The van der Waals surface area contributed by atoms with Crippen LogP contribution in [0.1, 0.15) is 56.2 Å². The van der Waals surface area contributed by atoms with Gasteiger partial charge in [0.05, 0.1) is 0 Å². The number of rotatable bonds is 8. The van der Waals surface area contributed by atoms with Crippen LogP contribution in [0.5, 0.6) is 0 Å². The molecule has 0 saturated heterocycles. The number of hydrogen-bond donors (Lipinski definition) is 0. The Morgan fingerprint density at radius 2 is 1.21 bits per heavy atom. The number of aryl methyl sites for hydroxylation is 2. The van der Waals surface area contributed by atoms with Crippen molar-refractivity contribution in [2.24, 2.45) is 0 Å². The molecule has 1 heteroatoms. The molecule has 0 heterocycles. The van der Waals surface area contributed by atoms with Gasteiger partial charge in [0.15, 0.2) is 0 Å². The van der Waals surface area contributed by atoms with Gasteiger partial charge >= 0.3 is 0 Å². The lowest BCUT2D eigenvalue weighted by Crippen LogP contribution is -2.03. The van der Waals surface area contributed by atoms with Gasteiger partial charge in [-0.3, -0.25) is 0 Å². The largest absolute Gasteiger partial charge is 0.164 e. The van der Waals surface area contributed by atoms with E-state index in [1.54, 1.807) is 0 Å². The Bertz CT molecular complexity index is 1290. The van der Waals surface area contributed by atoms with Gasteiger partial charge in [-0.1, -0.05) is 118 Å². The first-order valence-corrected chi connectivity index (χ1v) is 15.7. The summed E-state index contributed by atoms with van der Waals surface area (Å²) >= 11 is 0. The predicted molar refractivity (Wildman–Crippen MR) is 172 cm³/mol. The first-order valence-electron chi connectivity index (χ1n) is 13.7. The minimum atomic E-state index is -1.25. The van der Waals surface area contributed by atoms with E-state index in [1.165, 1.54) is 55.4 Å². The second-order valence-electron chi connectivity index (χ2n) is 10.0. The van der Waals surface area contributed by atoms with Crippen LogP contribution in [0.4, 0.5) is 0 Å². The fourth-order valence-electron chi connectivity index (χ4n) is 5.04. The SMILES string of the molecule is C=C/C(=C\C)S(C)(c1ccccc1)c1ccc(C(C)CCC)cc1.Cc1ccccc1-c1ccccc1C. The highest BCUT2D eigenvalue weighted by atomic mass is 32.3. The molecule has 2 unspecified atom stereocenters. The molecular weight excluding hydrogens is 476 g/mol. The molecule has 0 saturated carbocycles. The summed E-state index contributed by atoms with van der Waals surface area (Å²) in [7, 11) is -1.25. The maximum absolute atomic E-state index is 4.07. The van der Waals surface area contributed by atoms with Crippen molar-refractivity contribution in [1.82, 2.24) is 0 Å². The van der Waals surface area contributed by atoms with Crippen LogP contribution in [0.25, 0.3) is 11.1 Å². The average molecular weight is 521 g/mol. The van der Waals surface area contributed by atoms with Crippen LogP contribution in [0, 0.1) is 13.8 Å². The molecule has 2 atom stereocenters. The summed E-state index contributed by atoms with van der Waals surface area (Å²) in [4.78, 5) is 4.10. The van der Waals surface area contributed by atoms with E-state index < -0.39 is 10.0 Å². The molecule has 198 valence electrons. The zero-order valence-electron chi connectivity index (χ0n) is 24.1. The van der Waals surface area contributed by atoms with E-state index in [-0.39, 0.29) is 0 Å². The highest BCUT2D eigenvalue weighted by molar-refractivity contribution is 8.36. The number of hydrogen-bond acceptors (Lipinski definition) is 0. The molecule has 0 N–H and O–H groups in total. The second-order valence-corrected chi connectivity index (χ2v) is 13.3. The van der Waals surface area contributed by atoms with Crippen LogP contribution < -0.4 is 0 Å². The summed E-state index contributed by atoms with van der Waals surface area (Å²) in [6, 6.07) is 37.2. The van der Waals surface area contributed by atoms with Gasteiger partial charge in [-0.15, -0.1) is 0 Å². The Morgan fingerprint density at radius 3 is 1.66 bits per heavy atom. The third-order valence-electron chi connectivity index (χ3n) is 7.39. The Kier molecular flexibility index (Phi) is 10.8. The molecular formula is C37H44S. The molecule has 0 aliphatic rings. The second kappa shape index (κ2) is 14.0. The van der Waals surface area contributed by atoms with Crippen molar-refractivity contribution in [2.45, 2.75) is 63.2 Å². The van der Waals surface area contributed by atoms with Crippen LogP contribution in [0.15, 0.2) is 137 Å². The van der Waals surface area contributed by atoms with Crippen LogP contribution in [0.2, 0.25) is 0 Å². The van der Waals surface area contributed by atoms with Gasteiger partial charge in [0.25, 0.3) is 0 Å². The minimum Gasteiger partial charge on any atom is -0.164 e. The Balaban J connectivity index is 0.000000241. The molecule has 0 amide bonds. The summed E-state index contributed by atoms with van der Waals surface area (Å²) in [5.41, 5.74) is 6.79. The summed E-state index contributed by atoms with van der Waals surface area (Å²) in [6.45, 7) is 15.1. The maximum atomic E-state index is 4.07. The summed E-state index contributed by atoms with van der Waals surface area (Å²) in [5.74, 6) is 0.627. The van der Waals surface area contributed by atoms with E-state index in [2.05, 4.69) is 157 Å². The van der Waals surface area contributed by atoms with Crippen molar-refractivity contribution in [2.75, 3.05) is 6.26 Å². The Labute approximate surface area is 233 Å². The Morgan fingerprint density at radius 1 is 0.737 bits per heavy atom. The Hall–Kier alpha value is -3.29. The third-order valence-corrected chi connectivity index (χ3v) is 11.2. The van der Waals surface area contributed by atoms with Crippen molar-refractivity contribution in [3.63, 3.8) is 0 Å². The maximum Gasteiger partial charge on any atom is -0.00211 e. The van der Waals surface area contributed by atoms with Gasteiger partial charge in [0.2, 0.25) is 0 Å². The van der Waals surface area contributed by atoms with Gasteiger partial charge in [-0.25, -0.2) is 0 Å². The topological polar surface area (TPSA) is 0 Å². The van der Waals surface area contributed by atoms with Gasteiger partial charge in [-0.2, -0.15) is 10.0 Å². The number of benzene rings is 4. The van der Waals surface area contributed by atoms with Crippen LogP contribution in [-0.4, -0.2) is 6.26 Å². The quantitative estimate of drug-likeness (QED) is 0.203. The van der Waals surface area contributed by atoms with Crippen molar-refractivity contribution in [1.29, 1.82) is 0 Å². The molecule has 4 rings (SSSR count). The van der Waals surface area contributed by atoms with Crippen molar-refractivity contribution in [3.05, 3.63) is 143 Å². The lowest BCUT2D eigenvalue weighted by atomic mass is 9.97. The zero-order valence-corrected chi connectivity index (χ0v) is 24.9. The molecule has 0 radical (unpaired) electrons. The lowest BCUT2D eigenvalue weighted by molar-refractivity contribution is 0.664. The normalized spacial score (nSPS) is 14.4. The van der Waals surface area contributed by atoms with Crippen molar-refractivity contribution in [3.8, 4) is 11.1 Å². The van der Waals surface area contributed by atoms with E-state index in [4.69, 9.17) is 0 Å². The smallest absolute Gasteiger partial charge is 0.00211 e. The molecule has 0 aromatic heterocycles. The molecule has 0 spiro atoms. The number of allylic oxidation sites excluding steroid dienone is 2. The zero-order chi connectivity index (χ0) is 27.5. The van der Waals surface area contributed by atoms with E-state index in [9.17, 15) is 0 Å². The molecule has 0 fully saturated rings. The van der Waals surface area contributed by atoms with Gasteiger partial charge in [0.1, 0.15) is 0 Å². The van der Waals surface area contributed by atoms with E-state index in [0.717, 1.165) is 0 Å². The standard InChI is InChI=1S/C23H30S.C14H14/c1-6-12-19(4)20-15-17-23(18-16-20)24(5,21(7-2)8-3)22-13-10-9-11-14-22;1-11-7-3-5-9-13(11)14-10-6-4-8-12(14)2/h7-11,13-19H,2,6,12H2,1,3-5H3;3-10H,1-2H3/b21-8+;. The van der Waals surface area contributed by atoms with Gasteiger partial charge in [-0.05, 0) is 106 Å². The van der Waals surface area contributed by atoms with Gasteiger partial charge in [0, 0.05) is 0 Å². The molecule has 0 aliphatic carbocycles. The summed E-state index contributed by atoms with van der Waals surface area (Å²) in [6.07, 6.45) is 9.09. The minimum absolute atomic E-state index is 0.627. The molecule has 0 nitrogen and oxygen atoms in total. The van der Waals surface area contributed by atoms with Crippen molar-refractivity contribution >= 4 is 10.0 Å². The average Bonchev–Trinajstić information content (AvgIpc) is 2.95. The predicted octanol–water partition coefficient (Wildman–Crippen LogP) is 11.5. The highest BCUT2D eigenvalue weighted by Crippen LogP contribution is 2.65. The molecule has 4 aromatic carbocycles.